The smallest absolute Gasteiger partial charge is 0.227 e. The topological polar surface area (TPSA) is 58.2 Å². The molecule has 1 aliphatic heterocycles. The van der Waals surface area contributed by atoms with Crippen molar-refractivity contribution in [1.82, 2.24) is 15.1 Å². The van der Waals surface area contributed by atoms with Gasteiger partial charge in [-0.15, -0.1) is 0 Å². The van der Waals surface area contributed by atoms with Crippen LogP contribution in [0.15, 0.2) is 24.3 Å². The SMILES string of the molecule is Cc1ccc(CC(=O)N2CCOC[C@H]2c2c(C)n[nH]c2C)cc1. The molecule has 0 aliphatic carbocycles. The predicted octanol–water partition coefficient (Wildman–Crippen LogP) is 2.48. The molecular weight excluding hydrogens is 290 g/mol. The third-order valence-corrected chi connectivity index (χ3v) is 4.44. The van der Waals surface area contributed by atoms with E-state index in [2.05, 4.69) is 10.2 Å². The van der Waals surface area contributed by atoms with Crippen LogP contribution in [0.1, 0.15) is 34.1 Å². The van der Waals surface area contributed by atoms with E-state index in [-0.39, 0.29) is 11.9 Å². The summed E-state index contributed by atoms with van der Waals surface area (Å²) >= 11 is 0. The first kappa shape index (κ1) is 15.7. The predicted molar refractivity (Wildman–Crippen MR) is 88.2 cm³/mol. The van der Waals surface area contributed by atoms with Crippen molar-refractivity contribution >= 4 is 5.91 Å². The second-order valence-electron chi connectivity index (χ2n) is 6.19. The third kappa shape index (κ3) is 3.29. The summed E-state index contributed by atoms with van der Waals surface area (Å²) in [5.74, 6) is 0.141. The highest BCUT2D eigenvalue weighted by atomic mass is 16.5. The molecule has 1 aromatic heterocycles. The van der Waals surface area contributed by atoms with Crippen LogP contribution in [0.4, 0.5) is 0 Å². The quantitative estimate of drug-likeness (QED) is 0.947. The van der Waals surface area contributed by atoms with Crippen LogP contribution in [0, 0.1) is 20.8 Å². The van der Waals surface area contributed by atoms with Gasteiger partial charge in [0.25, 0.3) is 0 Å². The molecule has 1 N–H and O–H groups in total. The number of benzene rings is 1. The molecule has 0 unspecified atom stereocenters. The van der Waals surface area contributed by atoms with E-state index in [0.717, 1.165) is 22.5 Å². The Balaban J connectivity index is 1.81. The summed E-state index contributed by atoms with van der Waals surface area (Å²) in [5.41, 5.74) is 5.28. The zero-order chi connectivity index (χ0) is 16.4. The molecule has 1 amide bonds. The molecule has 1 atom stereocenters. The first-order valence-electron chi connectivity index (χ1n) is 8.00. The van der Waals surface area contributed by atoms with Gasteiger partial charge in [-0.3, -0.25) is 9.89 Å². The van der Waals surface area contributed by atoms with E-state index in [1.54, 1.807) is 0 Å². The fourth-order valence-electron chi connectivity index (χ4n) is 3.17. The molecule has 0 saturated carbocycles. The lowest BCUT2D eigenvalue weighted by Gasteiger charge is -2.36. The summed E-state index contributed by atoms with van der Waals surface area (Å²) in [4.78, 5) is 14.8. The van der Waals surface area contributed by atoms with Crippen molar-refractivity contribution in [2.75, 3.05) is 19.8 Å². The van der Waals surface area contributed by atoms with Gasteiger partial charge in [-0.25, -0.2) is 0 Å². The number of carbonyl (C=O) groups is 1. The summed E-state index contributed by atoms with van der Waals surface area (Å²) in [7, 11) is 0. The molecule has 2 heterocycles. The monoisotopic (exact) mass is 313 g/mol. The van der Waals surface area contributed by atoms with Crippen LogP contribution >= 0.6 is 0 Å². The molecule has 0 spiro atoms. The maximum absolute atomic E-state index is 12.8. The molecular formula is C18H23N3O2. The molecule has 0 bridgehead atoms. The molecule has 5 heteroatoms. The Hall–Kier alpha value is -2.14. The number of amides is 1. The van der Waals surface area contributed by atoms with Crippen LogP contribution in [0.25, 0.3) is 0 Å². The van der Waals surface area contributed by atoms with Gasteiger partial charge >= 0.3 is 0 Å². The van der Waals surface area contributed by atoms with Crippen molar-refractivity contribution in [3.63, 3.8) is 0 Å². The highest BCUT2D eigenvalue weighted by Gasteiger charge is 2.31. The molecule has 23 heavy (non-hydrogen) atoms. The average Bonchev–Trinajstić information content (AvgIpc) is 2.88. The molecule has 3 rings (SSSR count). The van der Waals surface area contributed by atoms with E-state index in [9.17, 15) is 4.79 Å². The Morgan fingerprint density at radius 3 is 2.70 bits per heavy atom. The van der Waals surface area contributed by atoms with E-state index in [0.29, 0.717) is 26.2 Å². The summed E-state index contributed by atoms with van der Waals surface area (Å²) in [6.07, 6.45) is 0.423. The minimum Gasteiger partial charge on any atom is -0.377 e. The molecule has 1 saturated heterocycles. The number of nitrogens with one attached hydrogen (secondary N) is 1. The largest absolute Gasteiger partial charge is 0.377 e. The highest BCUT2D eigenvalue weighted by molar-refractivity contribution is 5.79. The van der Waals surface area contributed by atoms with Crippen LogP contribution in [0.2, 0.25) is 0 Å². The zero-order valence-electron chi connectivity index (χ0n) is 13.9. The fraction of sp³-hybridized carbons (Fsp3) is 0.444. The van der Waals surface area contributed by atoms with Gasteiger partial charge in [-0.1, -0.05) is 29.8 Å². The normalized spacial score (nSPS) is 18.2. The number of carbonyl (C=O) groups excluding carboxylic acids is 1. The number of aromatic nitrogens is 2. The van der Waals surface area contributed by atoms with Crippen molar-refractivity contribution in [2.24, 2.45) is 0 Å². The summed E-state index contributed by atoms with van der Waals surface area (Å²) in [6, 6.07) is 8.09. The molecule has 5 nitrogen and oxygen atoms in total. The molecule has 2 aromatic rings. The maximum Gasteiger partial charge on any atom is 0.227 e. The third-order valence-electron chi connectivity index (χ3n) is 4.44. The number of aromatic amines is 1. The first-order chi connectivity index (χ1) is 11.1. The van der Waals surface area contributed by atoms with E-state index >= 15 is 0 Å². The lowest BCUT2D eigenvalue weighted by molar-refractivity contribution is -0.139. The van der Waals surface area contributed by atoms with Gasteiger partial charge in [0, 0.05) is 17.8 Å². The Bertz CT molecular complexity index is 671. The molecule has 122 valence electrons. The highest BCUT2D eigenvalue weighted by Crippen LogP contribution is 2.28. The van der Waals surface area contributed by atoms with Crippen LogP contribution in [0.5, 0.6) is 0 Å². The summed E-state index contributed by atoms with van der Waals surface area (Å²) in [6.45, 7) is 7.75. The fourth-order valence-corrected chi connectivity index (χ4v) is 3.17. The van der Waals surface area contributed by atoms with Gasteiger partial charge < -0.3 is 9.64 Å². The number of ether oxygens (including phenoxy) is 1. The number of nitrogens with zero attached hydrogens (tertiary/aromatic N) is 2. The Kier molecular flexibility index (Phi) is 4.48. The van der Waals surface area contributed by atoms with Gasteiger partial charge in [0.2, 0.25) is 5.91 Å². The van der Waals surface area contributed by atoms with Crippen LogP contribution in [0.3, 0.4) is 0 Å². The minimum absolute atomic E-state index is 0.0551. The Morgan fingerprint density at radius 2 is 2.04 bits per heavy atom. The van der Waals surface area contributed by atoms with E-state index in [1.165, 1.54) is 5.56 Å². The lowest BCUT2D eigenvalue weighted by atomic mass is 10.0. The first-order valence-corrected chi connectivity index (χ1v) is 8.00. The van der Waals surface area contributed by atoms with Crippen LogP contribution < -0.4 is 0 Å². The number of morpholine rings is 1. The number of H-pyrrole nitrogens is 1. The molecule has 1 aromatic carbocycles. The van der Waals surface area contributed by atoms with Crippen LogP contribution in [-0.2, 0) is 16.0 Å². The number of aryl methyl sites for hydroxylation is 3. The van der Waals surface area contributed by atoms with Gasteiger partial charge in [0.1, 0.15) is 0 Å². The van der Waals surface area contributed by atoms with Gasteiger partial charge in [-0.2, -0.15) is 5.10 Å². The maximum atomic E-state index is 12.8. The van der Waals surface area contributed by atoms with Gasteiger partial charge in [0.05, 0.1) is 31.4 Å². The summed E-state index contributed by atoms with van der Waals surface area (Å²) in [5, 5.41) is 7.27. The molecule has 1 fully saturated rings. The number of hydrogen-bond acceptors (Lipinski definition) is 3. The zero-order valence-corrected chi connectivity index (χ0v) is 13.9. The second kappa shape index (κ2) is 6.54. The van der Waals surface area contributed by atoms with Gasteiger partial charge in [-0.05, 0) is 26.3 Å². The van der Waals surface area contributed by atoms with E-state index in [4.69, 9.17) is 4.74 Å². The molecule has 1 aliphatic rings. The Labute approximate surface area is 136 Å². The van der Waals surface area contributed by atoms with Crippen molar-refractivity contribution < 1.29 is 9.53 Å². The number of rotatable bonds is 3. The number of hydrogen-bond donors (Lipinski definition) is 1. The van der Waals surface area contributed by atoms with E-state index < -0.39 is 0 Å². The lowest BCUT2D eigenvalue weighted by Crippen LogP contribution is -2.44. The van der Waals surface area contributed by atoms with Crippen molar-refractivity contribution in [3.05, 3.63) is 52.3 Å². The second-order valence-corrected chi connectivity index (χ2v) is 6.19. The van der Waals surface area contributed by atoms with Crippen molar-refractivity contribution in [2.45, 2.75) is 33.2 Å². The Morgan fingerprint density at radius 1 is 1.30 bits per heavy atom. The van der Waals surface area contributed by atoms with Crippen LogP contribution in [-0.4, -0.2) is 40.8 Å². The average molecular weight is 313 g/mol. The van der Waals surface area contributed by atoms with E-state index in [1.807, 2.05) is 49.9 Å². The standard InChI is InChI=1S/C18H23N3O2/c1-12-4-6-15(7-5-12)10-17(22)21-8-9-23-11-16(21)18-13(2)19-20-14(18)3/h4-7,16H,8-11H2,1-3H3,(H,19,20)/t16-/m0/s1. The summed E-state index contributed by atoms with van der Waals surface area (Å²) < 4.78 is 5.63. The van der Waals surface area contributed by atoms with Crippen molar-refractivity contribution in [1.29, 1.82) is 0 Å². The molecule has 0 radical (unpaired) electrons. The minimum atomic E-state index is -0.0551. The van der Waals surface area contributed by atoms with Gasteiger partial charge in [0.15, 0.2) is 0 Å². The van der Waals surface area contributed by atoms with Crippen molar-refractivity contribution in [3.8, 4) is 0 Å².